The number of carbonyl (C=O) groups is 1. The number of likely N-dealkylation sites (tertiary alicyclic amines) is 1. The van der Waals surface area contributed by atoms with E-state index in [0.717, 1.165) is 32.5 Å². The van der Waals surface area contributed by atoms with E-state index in [4.69, 9.17) is 16.3 Å². The first kappa shape index (κ1) is 11.2. The van der Waals surface area contributed by atoms with Crippen LogP contribution in [0, 0.1) is 11.8 Å². The number of carbonyl (C=O) groups excluding carboxylic acids is 1. The Morgan fingerprint density at radius 1 is 1.47 bits per heavy atom. The van der Waals surface area contributed by atoms with Crippen molar-refractivity contribution in [2.45, 2.75) is 25.1 Å². The molecule has 3 unspecified atom stereocenters. The molecule has 15 heavy (non-hydrogen) atoms. The molecule has 2 saturated heterocycles. The van der Waals surface area contributed by atoms with Crippen molar-refractivity contribution in [3.8, 4) is 0 Å². The maximum absolute atomic E-state index is 12.2. The van der Waals surface area contributed by atoms with E-state index in [2.05, 4.69) is 6.92 Å². The van der Waals surface area contributed by atoms with Crippen molar-refractivity contribution in [2.75, 3.05) is 26.3 Å². The summed E-state index contributed by atoms with van der Waals surface area (Å²) in [5, 5.41) is 0.157. The van der Waals surface area contributed by atoms with Gasteiger partial charge in [0.15, 0.2) is 0 Å². The minimum atomic E-state index is 0.153. The predicted molar refractivity (Wildman–Crippen MR) is 58.9 cm³/mol. The van der Waals surface area contributed by atoms with Gasteiger partial charge in [0.05, 0.1) is 5.38 Å². The summed E-state index contributed by atoms with van der Waals surface area (Å²) >= 11 is 6.01. The fraction of sp³-hybridized carbons (Fsp3) is 0.909. The van der Waals surface area contributed by atoms with Crippen LogP contribution in [0.5, 0.6) is 0 Å². The van der Waals surface area contributed by atoms with Crippen molar-refractivity contribution in [3.05, 3.63) is 0 Å². The lowest BCUT2D eigenvalue weighted by Crippen LogP contribution is -2.41. The average Bonchev–Trinajstić information content (AvgIpc) is 2.65. The van der Waals surface area contributed by atoms with Gasteiger partial charge in [0.2, 0.25) is 5.91 Å². The first-order valence-corrected chi connectivity index (χ1v) is 6.12. The van der Waals surface area contributed by atoms with E-state index < -0.39 is 0 Å². The molecule has 0 bridgehead atoms. The van der Waals surface area contributed by atoms with Crippen molar-refractivity contribution in [2.24, 2.45) is 11.8 Å². The molecule has 0 radical (unpaired) electrons. The SMILES string of the molecule is CC1COCCC1C(=O)N1CCC(Cl)C1. The van der Waals surface area contributed by atoms with Crippen LogP contribution in [0.4, 0.5) is 0 Å². The molecule has 0 spiro atoms. The van der Waals surface area contributed by atoms with E-state index in [1.807, 2.05) is 4.90 Å². The molecule has 0 aliphatic carbocycles. The van der Waals surface area contributed by atoms with E-state index >= 15 is 0 Å². The number of nitrogens with zero attached hydrogens (tertiary/aromatic N) is 1. The molecule has 3 atom stereocenters. The van der Waals surface area contributed by atoms with Gasteiger partial charge in [-0.1, -0.05) is 6.92 Å². The normalized spacial score (nSPS) is 36.9. The summed E-state index contributed by atoms with van der Waals surface area (Å²) < 4.78 is 5.35. The second-order valence-electron chi connectivity index (χ2n) is 4.62. The van der Waals surface area contributed by atoms with Gasteiger partial charge in [-0.2, -0.15) is 0 Å². The highest BCUT2D eigenvalue weighted by Crippen LogP contribution is 2.26. The van der Waals surface area contributed by atoms with Crippen molar-refractivity contribution in [3.63, 3.8) is 0 Å². The molecule has 3 nitrogen and oxygen atoms in total. The molecule has 2 aliphatic rings. The van der Waals surface area contributed by atoms with Crippen molar-refractivity contribution >= 4 is 17.5 Å². The van der Waals surface area contributed by atoms with Crippen LogP contribution in [0.15, 0.2) is 0 Å². The van der Waals surface area contributed by atoms with Gasteiger partial charge >= 0.3 is 0 Å². The van der Waals surface area contributed by atoms with Gasteiger partial charge in [-0.15, -0.1) is 11.6 Å². The van der Waals surface area contributed by atoms with Gasteiger partial charge in [0.1, 0.15) is 0 Å². The van der Waals surface area contributed by atoms with Gasteiger partial charge in [-0.3, -0.25) is 4.79 Å². The smallest absolute Gasteiger partial charge is 0.226 e. The molecule has 0 saturated carbocycles. The van der Waals surface area contributed by atoms with Crippen LogP contribution in [0.1, 0.15) is 19.8 Å². The Morgan fingerprint density at radius 3 is 2.87 bits per heavy atom. The Kier molecular flexibility index (Phi) is 3.52. The van der Waals surface area contributed by atoms with Gasteiger partial charge < -0.3 is 9.64 Å². The Bertz CT molecular complexity index is 247. The third-order valence-corrected chi connectivity index (χ3v) is 3.76. The highest BCUT2D eigenvalue weighted by molar-refractivity contribution is 6.21. The number of halogens is 1. The molecule has 1 amide bonds. The van der Waals surface area contributed by atoms with Crippen LogP contribution in [0.25, 0.3) is 0 Å². The summed E-state index contributed by atoms with van der Waals surface area (Å²) in [5.74, 6) is 0.787. The lowest BCUT2D eigenvalue weighted by atomic mass is 9.89. The van der Waals surface area contributed by atoms with Gasteiger partial charge in [0.25, 0.3) is 0 Å². The van der Waals surface area contributed by atoms with Crippen LogP contribution in [-0.2, 0) is 9.53 Å². The molecule has 2 aliphatic heterocycles. The maximum Gasteiger partial charge on any atom is 0.226 e. The van der Waals surface area contributed by atoms with Crippen LogP contribution in [0.3, 0.4) is 0 Å². The molecular formula is C11H18ClNO2. The molecule has 0 aromatic rings. The van der Waals surface area contributed by atoms with E-state index in [-0.39, 0.29) is 17.2 Å². The molecule has 4 heteroatoms. The summed E-state index contributed by atoms with van der Waals surface area (Å²) in [6.07, 6.45) is 1.80. The molecule has 2 rings (SSSR count). The highest BCUT2D eigenvalue weighted by atomic mass is 35.5. The van der Waals surface area contributed by atoms with Crippen LogP contribution in [-0.4, -0.2) is 42.5 Å². The minimum absolute atomic E-state index is 0.153. The summed E-state index contributed by atoms with van der Waals surface area (Å²) in [6, 6.07) is 0. The molecule has 0 aromatic heterocycles. The maximum atomic E-state index is 12.2. The van der Waals surface area contributed by atoms with Crippen LogP contribution >= 0.6 is 11.6 Å². The Hall–Kier alpha value is -0.280. The zero-order valence-corrected chi connectivity index (χ0v) is 9.87. The largest absolute Gasteiger partial charge is 0.381 e. The average molecular weight is 232 g/mol. The third-order valence-electron chi connectivity index (χ3n) is 3.40. The van der Waals surface area contributed by atoms with E-state index in [9.17, 15) is 4.79 Å². The van der Waals surface area contributed by atoms with Crippen LogP contribution < -0.4 is 0 Å². The number of hydrogen-bond acceptors (Lipinski definition) is 2. The lowest BCUT2D eigenvalue weighted by Gasteiger charge is -2.31. The minimum Gasteiger partial charge on any atom is -0.381 e. The van der Waals surface area contributed by atoms with E-state index in [0.29, 0.717) is 12.5 Å². The second kappa shape index (κ2) is 4.71. The third kappa shape index (κ3) is 2.45. The van der Waals surface area contributed by atoms with Crippen LogP contribution in [0.2, 0.25) is 0 Å². The summed E-state index contributed by atoms with van der Waals surface area (Å²) in [6.45, 7) is 5.09. The molecule has 2 fully saturated rings. The zero-order chi connectivity index (χ0) is 10.8. The predicted octanol–water partition coefficient (Wildman–Crippen LogP) is 1.50. The van der Waals surface area contributed by atoms with E-state index in [1.165, 1.54) is 0 Å². The molecule has 0 N–H and O–H groups in total. The standard InChI is InChI=1S/C11H18ClNO2/c1-8-7-15-5-3-10(8)11(14)13-4-2-9(12)6-13/h8-10H,2-7H2,1H3. The molecule has 0 aromatic carbocycles. The lowest BCUT2D eigenvalue weighted by molar-refractivity contribution is -0.140. The monoisotopic (exact) mass is 231 g/mol. The topological polar surface area (TPSA) is 29.5 Å². The fourth-order valence-electron chi connectivity index (χ4n) is 2.40. The number of ether oxygens (including phenoxy) is 1. The highest BCUT2D eigenvalue weighted by Gasteiger charge is 2.34. The van der Waals surface area contributed by atoms with Crippen molar-refractivity contribution < 1.29 is 9.53 Å². The zero-order valence-electron chi connectivity index (χ0n) is 9.12. The quantitative estimate of drug-likeness (QED) is 0.640. The van der Waals surface area contributed by atoms with Crippen molar-refractivity contribution in [1.82, 2.24) is 4.90 Å². The van der Waals surface area contributed by atoms with Crippen molar-refractivity contribution in [1.29, 1.82) is 0 Å². The Balaban J connectivity index is 1.94. The van der Waals surface area contributed by atoms with Gasteiger partial charge in [-0.05, 0) is 18.8 Å². The first-order valence-electron chi connectivity index (χ1n) is 5.69. The Labute approximate surface area is 95.7 Å². The summed E-state index contributed by atoms with van der Waals surface area (Å²) in [7, 11) is 0. The summed E-state index contributed by atoms with van der Waals surface area (Å²) in [4.78, 5) is 14.1. The summed E-state index contributed by atoms with van der Waals surface area (Å²) in [5.41, 5.74) is 0. The first-order chi connectivity index (χ1) is 7.18. The molecule has 86 valence electrons. The second-order valence-corrected chi connectivity index (χ2v) is 5.23. The molecular weight excluding hydrogens is 214 g/mol. The van der Waals surface area contributed by atoms with Gasteiger partial charge in [-0.25, -0.2) is 0 Å². The molecule has 2 heterocycles. The number of rotatable bonds is 1. The number of amides is 1. The fourth-order valence-corrected chi connectivity index (χ4v) is 2.66. The van der Waals surface area contributed by atoms with E-state index in [1.54, 1.807) is 0 Å². The van der Waals surface area contributed by atoms with Gasteiger partial charge in [0, 0.05) is 32.2 Å². The number of alkyl halides is 1. The number of hydrogen-bond donors (Lipinski definition) is 0. The Morgan fingerprint density at radius 2 is 2.27 bits per heavy atom.